The Bertz CT molecular complexity index is 1420. The fraction of sp³-hybridized carbons (Fsp3) is 0.400. The standard InChI is InChI=1S/C19H19F2N7O3.C6H10O4/c1-22-16-7-15(24-12-4-9(20)5-14-17(12)31-3-2-30-14)27-18-13(8-23-28(16)18)26-19(29)25-11-6-10(11)21;7-5(8)3-1-2-4-6(9)10/h4-5,7-8,10-11,22H,2-3,6H2,1H3,(H,24,27)(H2,25,26,29);1-4H2,(H,7,8)(H,9,10)/t10-,11+;/m0./s1. The highest BCUT2D eigenvalue weighted by molar-refractivity contribution is 5.94. The molecule has 6 N–H and O–H groups in total. The summed E-state index contributed by atoms with van der Waals surface area (Å²) in [6, 6.07) is 3.19. The summed E-state index contributed by atoms with van der Waals surface area (Å²) in [5, 5.41) is 31.7. The average Bonchev–Trinajstić information content (AvgIpc) is 3.47. The molecule has 5 rings (SSSR count). The average molecular weight is 578 g/mol. The van der Waals surface area contributed by atoms with Crippen molar-refractivity contribution in [3.63, 3.8) is 0 Å². The molecule has 1 aliphatic carbocycles. The second-order valence-electron chi connectivity index (χ2n) is 9.12. The maximum atomic E-state index is 14.0. The van der Waals surface area contributed by atoms with Gasteiger partial charge in [0.1, 0.15) is 42.5 Å². The summed E-state index contributed by atoms with van der Waals surface area (Å²) in [5.74, 6) is -0.620. The van der Waals surface area contributed by atoms with E-state index in [9.17, 15) is 23.2 Å². The van der Waals surface area contributed by atoms with Gasteiger partial charge in [0.15, 0.2) is 17.1 Å². The van der Waals surface area contributed by atoms with Crippen LogP contribution >= 0.6 is 0 Å². The van der Waals surface area contributed by atoms with Crippen LogP contribution in [0.15, 0.2) is 24.4 Å². The van der Waals surface area contributed by atoms with Gasteiger partial charge in [-0.1, -0.05) is 0 Å². The summed E-state index contributed by atoms with van der Waals surface area (Å²) in [6.07, 6.45) is 1.75. The number of nitrogens with one attached hydrogen (secondary N) is 4. The number of nitrogens with zero attached hydrogens (tertiary/aromatic N) is 3. The summed E-state index contributed by atoms with van der Waals surface area (Å²) in [5.41, 5.74) is 1.01. The van der Waals surface area contributed by atoms with E-state index < -0.39 is 36.0 Å². The van der Waals surface area contributed by atoms with E-state index in [1.165, 1.54) is 22.8 Å². The number of fused-ring (bicyclic) bond motifs is 2. The van der Waals surface area contributed by atoms with Gasteiger partial charge in [-0.05, 0) is 12.8 Å². The van der Waals surface area contributed by atoms with Crippen LogP contribution in [0, 0.1) is 5.82 Å². The third kappa shape index (κ3) is 7.83. The minimum Gasteiger partial charge on any atom is -0.486 e. The number of hydrogen-bond acceptors (Lipinski definition) is 9. The first-order chi connectivity index (χ1) is 19.6. The van der Waals surface area contributed by atoms with Crippen LogP contribution in [0.2, 0.25) is 0 Å². The maximum Gasteiger partial charge on any atom is 0.319 e. The van der Waals surface area contributed by atoms with Gasteiger partial charge in [-0.2, -0.15) is 9.61 Å². The highest BCUT2D eigenvalue weighted by atomic mass is 19.1. The third-order valence-corrected chi connectivity index (χ3v) is 5.91. The second-order valence-corrected chi connectivity index (χ2v) is 9.12. The molecular weight excluding hydrogens is 548 g/mol. The number of benzene rings is 1. The van der Waals surface area contributed by atoms with Crippen LogP contribution in [-0.4, -0.2) is 75.3 Å². The lowest BCUT2D eigenvalue weighted by Crippen LogP contribution is -2.31. The zero-order valence-electron chi connectivity index (χ0n) is 21.9. The molecule has 220 valence electrons. The first kappa shape index (κ1) is 29.1. The molecule has 2 atom stereocenters. The van der Waals surface area contributed by atoms with Gasteiger partial charge in [-0.3, -0.25) is 9.59 Å². The highest BCUT2D eigenvalue weighted by Crippen LogP contribution is 2.40. The smallest absolute Gasteiger partial charge is 0.319 e. The Hall–Kier alpha value is -4.89. The summed E-state index contributed by atoms with van der Waals surface area (Å²) < 4.78 is 39.7. The summed E-state index contributed by atoms with van der Waals surface area (Å²) in [6.45, 7) is 0.676. The van der Waals surface area contributed by atoms with Crippen LogP contribution in [0.3, 0.4) is 0 Å². The van der Waals surface area contributed by atoms with Crippen molar-refractivity contribution >= 4 is 46.6 Å². The van der Waals surface area contributed by atoms with Crippen LogP contribution in [0.25, 0.3) is 5.65 Å². The highest BCUT2D eigenvalue weighted by Gasteiger charge is 2.38. The van der Waals surface area contributed by atoms with E-state index in [1.807, 2.05) is 0 Å². The Labute approximate surface area is 232 Å². The molecule has 0 unspecified atom stereocenters. The predicted molar refractivity (Wildman–Crippen MR) is 142 cm³/mol. The van der Waals surface area contributed by atoms with Crippen molar-refractivity contribution in [2.75, 3.05) is 36.2 Å². The zero-order valence-corrected chi connectivity index (χ0v) is 21.9. The lowest BCUT2D eigenvalue weighted by molar-refractivity contribution is -0.139. The molecule has 0 bridgehead atoms. The number of amides is 2. The minimum atomic E-state index is -1.01. The molecule has 1 aromatic carbocycles. The van der Waals surface area contributed by atoms with Gasteiger partial charge < -0.3 is 41.0 Å². The van der Waals surface area contributed by atoms with Crippen molar-refractivity contribution in [2.45, 2.75) is 44.3 Å². The first-order valence-electron chi connectivity index (χ1n) is 12.7. The van der Waals surface area contributed by atoms with Gasteiger partial charge in [0.25, 0.3) is 0 Å². The van der Waals surface area contributed by atoms with Gasteiger partial charge >= 0.3 is 18.0 Å². The van der Waals surface area contributed by atoms with Crippen molar-refractivity contribution < 1.29 is 42.9 Å². The molecule has 0 spiro atoms. The number of halogens is 2. The number of urea groups is 1. The number of unbranched alkanes of at least 4 members (excludes halogenated alkanes) is 1. The fourth-order valence-corrected chi connectivity index (χ4v) is 3.84. The number of carbonyl (C=O) groups is 3. The molecule has 3 aromatic rings. The zero-order chi connectivity index (χ0) is 29.5. The summed E-state index contributed by atoms with van der Waals surface area (Å²) >= 11 is 0. The summed E-state index contributed by atoms with van der Waals surface area (Å²) in [4.78, 5) is 36.4. The third-order valence-electron chi connectivity index (χ3n) is 5.91. The van der Waals surface area contributed by atoms with Crippen molar-refractivity contribution in [3.05, 3.63) is 30.2 Å². The maximum absolute atomic E-state index is 14.0. The van der Waals surface area contributed by atoms with Gasteiger partial charge in [-0.25, -0.2) is 18.6 Å². The van der Waals surface area contributed by atoms with E-state index in [0.717, 1.165) is 0 Å². The minimum absolute atomic E-state index is 0.0628. The Morgan fingerprint density at radius 3 is 2.39 bits per heavy atom. The molecule has 0 saturated heterocycles. The van der Waals surface area contributed by atoms with E-state index in [2.05, 4.69) is 31.3 Å². The molecule has 2 amide bonds. The molecule has 1 fully saturated rings. The van der Waals surface area contributed by atoms with E-state index >= 15 is 0 Å². The van der Waals surface area contributed by atoms with Gasteiger partial charge in [-0.15, -0.1) is 0 Å². The molecular formula is C25H29F2N7O7. The van der Waals surface area contributed by atoms with Crippen LogP contribution in [0.1, 0.15) is 32.1 Å². The number of aromatic nitrogens is 3. The number of alkyl halides is 1. The SMILES string of the molecule is CNc1cc(Nc2cc(F)cc3c2OCCO3)nc2c(NC(=O)N[C@@H]3C[C@@H]3F)cnn12.O=C(O)CCCCC(=O)O. The normalized spacial score (nSPS) is 16.7. The first-order valence-corrected chi connectivity index (χ1v) is 12.7. The molecule has 16 heteroatoms. The number of rotatable bonds is 10. The van der Waals surface area contributed by atoms with Crippen molar-refractivity contribution in [3.8, 4) is 11.5 Å². The lowest BCUT2D eigenvalue weighted by Gasteiger charge is -2.21. The fourth-order valence-electron chi connectivity index (χ4n) is 3.84. The number of anilines is 4. The van der Waals surface area contributed by atoms with Gasteiger partial charge in [0.05, 0.1) is 17.9 Å². The molecule has 3 heterocycles. The number of carboxylic acids is 2. The molecule has 1 aliphatic heterocycles. The Morgan fingerprint density at radius 2 is 1.76 bits per heavy atom. The molecule has 14 nitrogen and oxygen atoms in total. The van der Waals surface area contributed by atoms with Crippen molar-refractivity contribution in [1.82, 2.24) is 19.9 Å². The monoisotopic (exact) mass is 577 g/mol. The van der Waals surface area contributed by atoms with Gasteiger partial charge in [0, 0.05) is 44.5 Å². The number of hydrogen-bond donors (Lipinski definition) is 6. The Morgan fingerprint density at radius 1 is 1.07 bits per heavy atom. The Kier molecular flexibility index (Phi) is 9.21. The number of carbonyl (C=O) groups excluding carboxylic acids is 1. The largest absolute Gasteiger partial charge is 0.486 e. The molecule has 0 radical (unpaired) electrons. The van der Waals surface area contributed by atoms with Crippen LogP contribution < -0.4 is 30.7 Å². The molecule has 2 aliphatic rings. The number of ether oxygens (including phenoxy) is 2. The van der Waals surface area contributed by atoms with E-state index in [1.54, 1.807) is 13.1 Å². The number of aliphatic carboxylic acids is 2. The quantitative estimate of drug-likeness (QED) is 0.194. The molecule has 2 aromatic heterocycles. The van der Waals surface area contributed by atoms with Crippen LogP contribution in [-0.2, 0) is 9.59 Å². The van der Waals surface area contributed by atoms with Crippen LogP contribution in [0.4, 0.5) is 36.6 Å². The Balaban J connectivity index is 0.000000334. The van der Waals surface area contributed by atoms with Gasteiger partial charge in [0.2, 0.25) is 0 Å². The van der Waals surface area contributed by atoms with Crippen molar-refractivity contribution in [1.29, 1.82) is 0 Å². The van der Waals surface area contributed by atoms with Crippen LogP contribution in [0.5, 0.6) is 11.5 Å². The second kappa shape index (κ2) is 13.0. The molecule has 1 saturated carbocycles. The van der Waals surface area contributed by atoms with E-state index in [0.29, 0.717) is 72.6 Å². The predicted octanol–water partition coefficient (Wildman–Crippen LogP) is 3.37. The van der Waals surface area contributed by atoms with Crippen molar-refractivity contribution in [2.24, 2.45) is 0 Å². The van der Waals surface area contributed by atoms with E-state index in [4.69, 9.17) is 19.7 Å². The lowest BCUT2D eigenvalue weighted by atomic mass is 10.2. The number of carboxylic acid groups (broad SMARTS) is 2. The topological polar surface area (TPSA) is 188 Å². The van der Waals surface area contributed by atoms with E-state index in [-0.39, 0.29) is 12.8 Å². The summed E-state index contributed by atoms with van der Waals surface area (Å²) in [7, 11) is 1.70. The molecule has 41 heavy (non-hydrogen) atoms.